The molecule has 7 N–H and O–H groups in total. The molecule has 0 radical (unpaired) electrons. The summed E-state index contributed by atoms with van der Waals surface area (Å²) in [4.78, 5) is 34.0. The Morgan fingerprint density at radius 2 is 1.43 bits per heavy atom. The van der Waals surface area contributed by atoms with E-state index in [9.17, 15) is 27.6 Å². The summed E-state index contributed by atoms with van der Waals surface area (Å²) in [5, 5.41) is 20.6. The number of urea groups is 1. The van der Waals surface area contributed by atoms with Crippen molar-refractivity contribution in [1.82, 2.24) is 21.2 Å². The molecule has 5 rings (SSSR count). The number of ketones is 2. The van der Waals surface area contributed by atoms with Crippen LogP contribution in [-0.2, 0) is 12.1 Å². The second-order valence-electron chi connectivity index (χ2n) is 11.3. The molecule has 1 aliphatic heterocycles. The van der Waals surface area contributed by atoms with Gasteiger partial charge in [0.15, 0.2) is 11.6 Å². The first-order valence-corrected chi connectivity index (χ1v) is 17.5. The smallest absolute Gasteiger partial charge is 0.496 e. The lowest BCUT2D eigenvalue weighted by Gasteiger charge is -2.29. The quantitative estimate of drug-likeness (QED) is 0.0497. The molecule has 0 saturated carbocycles. The van der Waals surface area contributed by atoms with Crippen LogP contribution in [-0.4, -0.2) is 74.7 Å². The standard InChI is InChI=1S/C19H20F3N3O3.C9H12BNO2.C8H9NO.CH2Cl2.2ClH/c1-27-16-8-7-15(28-19(20,21)22)9-13(16)10-23-11-18(12-24-17(26)25-18)14-5-3-2-4-6-14;1-10(13)11-7-9(12)8-5-3-2-4-6-8;9-6-8(10)7-4-2-1-3-5-7;2-1-3;;/h2-9,23H,10-12H2,1H3,(H2,24,25,26);2-6,11,13H,7H2,1H3;1-5H,6,9H2;1H2;2*1H. The third kappa shape index (κ3) is 19.2. The van der Waals surface area contributed by atoms with Gasteiger partial charge >= 0.3 is 19.4 Å². The van der Waals surface area contributed by atoms with Crippen LogP contribution in [0.25, 0.3) is 0 Å². The van der Waals surface area contributed by atoms with Gasteiger partial charge in [0, 0.05) is 36.3 Å². The van der Waals surface area contributed by atoms with Crippen LogP contribution in [0.3, 0.4) is 0 Å². The molecule has 1 aliphatic rings. The highest BCUT2D eigenvalue weighted by atomic mass is 35.5. The van der Waals surface area contributed by atoms with Gasteiger partial charge in [0.2, 0.25) is 0 Å². The average molecular weight is 865 g/mol. The van der Waals surface area contributed by atoms with Crippen molar-refractivity contribution < 1.29 is 42.1 Å². The predicted octanol–water partition coefficient (Wildman–Crippen LogP) is 6.55. The van der Waals surface area contributed by atoms with Crippen molar-refractivity contribution in [2.45, 2.75) is 25.3 Å². The number of amides is 2. The maximum absolute atomic E-state index is 12.5. The zero-order valence-electron chi connectivity index (χ0n) is 30.5. The fraction of sp³-hybridized carbons (Fsp3) is 0.270. The van der Waals surface area contributed by atoms with Crippen molar-refractivity contribution in [1.29, 1.82) is 0 Å². The molecular formula is C37H45BCl4F3N5O6. The normalized spacial score (nSPS) is 13.8. The molecule has 1 unspecified atom stereocenters. The van der Waals surface area contributed by atoms with E-state index < -0.39 is 19.0 Å². The number of benzene rings is 4. The lowest BCUT2D eigenvalue weighted by molar-refractivity contribution is -0.274. The first-order valence-electron chi connectivity index (χ1n) is 16.4. The summed E-state index contributed by atoms with van der Waals surface area (Å²) in [6.45, 7) is 2.81. The zero-order chi connectivity index (χ0) is 40.0. The maximum atomic E-state index is 12.5. The number of nitrogens with one attached hydrogen (secondary N) is 4. The SMILES string of the molecule is CB(O)NCC(=O)c1ccccc1.COc1ccc(OC(F)(F)F)cc1CNCC1(c2ccccc2)CNC(=O)N1.Cl.Cl.ClCCl.NCC(=O)c1ccccc1. The Labute approximate surface area is 347 Å². The minimum absolute atomic E-state index is 0. The van der Waals surface area contributed by atoms with E-state index in [4.69, 9.17) is 38.7 Å². The first-order chi connectivity index (χ1) is 25.8. The highest BCUT2D eigenvalue weighted by molar-refractivity contribution is 6.46. The molecule has 0 bridgehead atoms. The molecule has 1 fully saturated rings. The van der Waals surface area contributed by atoms with Crippen molar-refractivity contribution in [3.63, 3.8) is 0 Å². The van der Waals surface area contributed by atoms with Crippen LogP contribution in [0.4, 0.5) is 18.0 Å². The van der Waals surface area contributed by atoms with Crippen molar-refractivity contribution in [3.8, 4) is 11.5 Å². The van der Waals surface area contributed by atoms with Crippen LogP contribution < -0.4 is 36.4 Å². The number of Topliss-reactive ketones (excluding diaryl/α,β-unsaturated/α-hetero) is 2. The van der Waals surface area contributed by atoms with E-state index in [1.165, 1.54) is 25.3 Å². The number of ether oxygens (including phenoxy) is 2. The van der Waals surface area contributed by atoms with Crippen LogP contribution in [0.2, 0.25) is 6.82 Å². The van der Waals surface area contributed by atoms with Gasteiger partial charge in [-0.1, -0.05) is 91.0 Å². The summed E-state index contributed by atoms with van der Waals surface area (Å²) in [6.07, 6.45) is -4.77. The molecule has 4 aromatic carbocycles. The van der Waals surface area contributed by atoms with Gasteiger partial charge in [-0.2, -0.15) is 0 Å². The number of methoxy groups -OCH3 is 1. The molecular weight excluding hydrogens is 820 g/mol. The predicted molar refractivity (Wildman–Crippen MR) is 220 cm³/mol. The Balaban J connectivity index is 0.000000896. The maximum Gasteiger partial charge on any atom is 0.573 e. The highest BCUT2D eigenvalue weighted by Gasteiger charge is 2.39. The van der Waals surface area contributed by atoms with E-state index in [1.54, 1.807) is 31.1 Å². The third-order valence-corrected chi connectivity index (χ3v) is 7.39. The molecule has 1 saturated heterocycles. The zero-order valence-corrected chi connectivity index (χ0v) is 33.6. The van der Waals surface area contributed by atoms with Gasteiger partial charge in [-0.25, -0.2) is 4.79 Å². The summed E-state index contributed by atoms with van der Waals surface area (Å²) < 4.78 is 46.6. The van der Waals surface area contributed by atoms with Crippen molar-refractivity contribution in [2.24, 2.45) is 5.73 Å². The molecule has 0 aliphatic carbocycles. The number of halogens is 7. The molecule has 1 heterocycles. The Kier molecular flexibility index (Phi) is 25.5. The number of rotatable bonds is 13. The molecule has 56 heavy (non-hydrogen) atoms. The lowest BCUT2D eigenvalue weighted by Crippen LogP contribution is -2.48. The van der Waals surface area contributed by atoms with E-state index in [-0.39, 0.29) is 73.1 Å². The summed E-state index contributed by atoms with van der Waals surface area (Å²) >= 11 is 9.53. The van der Waals surface area contributed by atoms with Gasteiger partial charge in [0.05, 0.1) is 31.1 Å². The minimum Gasteiger partial charge on any atom is -0.496 e. The number of carbonyl (C=O) groups excluding carboxylic acids is 3. The van der Waals surface area contributed by atoms with E-state index in [0.717, 1.165) is 5.56 Å². The number of carbonyl (C=O) groups is 3. The topological polar surface area (TPSA) is 164 Å². The van der Waals surface area contributed by atoms with Gasteiger partial charge in [-0.05, 0) is 30.6 Å². The Hall–Kier alpha value is -4.06. The summed E-state index contributed by atoms with van der Waals surface area (Å²) in [5.41, 5.74) is 7.26. The Morgan fingerprint density at radius 3 is 1.88 bits per heavy atom. The summed E-state index contributed by atoms with van der Waals surface area (Å²) in [7, 11) is 0.794. The van der Waals surface area contributed by atoms with E-state index >= 15 is 0 Å². The monoisotopic (exact) mass is 863 g/mol. The number of hydrogen-bond acceptors (Lipinski definition) is 9. The largest absolute Gasteiger partial charge is 0.573 e. The second-order valence-corrected chi connectivity index (χ2v) is 12.1. The van der Waals surface area contributed by atoms with E-state index in [2.05, 4.69) is 25.9 Å². The number of alkyl halides is 5. The highest BCUT2D eigenvalue weighted by Crippen LogP contribution is 2.29. The minimum atomic E-state index is -4.77. The molecule has 1 atom stereocenters. The average Bonchev–Trinajstić information content (AvgIpc) is 3.56. The summed E-state index contributed by atoms with van der Waals surface area (Å²) in [5.74, 6) is 0.0881. The van der Waals surface area contributed by atoms with Gasteiger partial charge < -0.3 is 41.4 Å². The van der Waals surface area contributed by atoms with Crippen molar-refractivity contribution >= 4 is 72.7 Å². The van der Waals surface area contributed by atoms with Crippen molar-refractivity contribution in [2.75, 3.05) is 38.6 Å². The molecule has 0 spiro atoms. The van der Waals surface area contributed by atoms with Crippen LogP contribution in [0.5, 0.6) is 11.5 Å². The van der Waals surface area contributed by atoms with Crippen LogP contribution in [0.1, 0.15) is 31.8 Å². The number of hydrogen-bond donors (Lipinski definition) is 6. The molecule has 4 aromatic rings. The van der Waals surface area contributed by atoms with Crippen LogP contribution in [0.15, 0.2) is 109 Å². The lowest BCUT2D eigenvalue weighted by atomic mass is 9.88. The molecule has 11 nitrogen and oxygen atoms in total. The Bertz CT molecular complexity index is 1720. The number of nitrogens with two attached hydrogens (primary N) is 1. The van der Waals surface area contributed by atoms with E-state index in [0.29, 0.717) is 35.5 Å². The van der Waals surface area contributed by atoms with Gasteiger partial charge in [-0.15, -0.1) is 61.2 Å². The molecule has 306 valence electrons. The Morgan fingerprint density at radius 1 is 0.911 bits per heavy atom. The van der Waals surface area contributed by atoms with Gasteiger partial charge in [0.25, 0.3) is 0 Å². The molecule has 19 heteroatoms. The van der Waals surface area contributed by atoms with Gasteiger partial charge in [-0.3, -0.25) is 9.59 Å². The third-order valence-electron chi connectivity index (χ3n) is 7.39. The van der Waals surface area contributed by atoms with Crippen LogP contribution >= 0.6 is 48.0 Å². The molecule has 2 amide bonds. The van der Waals surface area contributed by atoms with Gasteiger partial charge in [0.1, 0.15) is 11.5 Å². The van der Waals surface area contributed by atoms with Crippen molar-refractivity contribution in [3.05, 3.63) is 131 Å². The van der Waals surface area contributed by atoms with Crippen LogP contribution in [0, 0.1) is 0 Å². The van der Waals surface area contributed by atoms with E-state index in [1.807, 2.05) is 66.7 Å². The second kappa shape index (κ2) is 27.5. The first kappa shape index (κ1) is 51.9. The fourth-order valence-corrected chi connectivity index (χ4v) is 4.89. The fourth-order valence-electron chi connectivity index (χ4n) is 4.89. The molecule has 0 aromatic heterocycles. The summed E-state index contributed by atoms with van der Waals surface area (Å²) in [6, 6.07) is 31.1.